The molecule has 2 rings (SSSR count). The van der Waals surface area contributed by atoms with E-state index in [1.54, 1.807) is 38.1 Å². The summed E-state index contributed by atoms with van der Waals surface area (Å²) in [7, 11) is 0. The van der Waals surface area contributed by atoms with Gasteiger partial charge in [-0.3, -0.25) is 4.79 Å². The topological polar surface area (TPSA) is 55.4 Å². The summed E-state index contributed by atoms with van der Waals surface area (Å²) in [5.74, 6) is -0.927. The van der Waals surface area contributed by atoms with E-state index in [-0.39, 0.29) is 5.91 Å². The van der Waals surface area contributed by atoms with Gasteiger partial charge in [0.25, 0.3) is 5.91 Å². The molecule has 4 heteroatoms. The van der Waals surface area contributed by atoms with Gasteiger partial charge in [-0.1, -0.05) is 53.6 Å². The molecule has 0 aliphatic rings. The Morgan fingerprint density at radius 1 is 1.00 bits per heavy atom. The van der Waals surface area contributed by atoms with Crippen LogP contribution in [0.3, 0.4) is 0 Å². The highest BCUT2D eigenvalue weighted by Crippen LogP contribution is 2.21. The Hall–Kier alpha value is -2.88. The molecule has 0 heterocycles. The van der Waals surface area contributed by atoms with Crippen LogP contribution in [-0.2, 0) is 14.3 Å². The summed E-state index contributed by atoms with van der Waals surface area (Å²) in [6.07, 6.45) is 0.366. The standard InChI is InChI=1S/C20H21NO3/c1-14(2)13-18(22)24-19(16-7-5-4-6-8-16)20(23)21-17-11-9-15(3)10-12-17/h4-13,19H,1-3H3,(H,21,23)/t19-/m1/s1. The molecule has 24 heavy (non-hydrogen) atoms. The first-order valence-corrected chi connectivity index (χ1v) is 7.73. The highest BCUT2D eigenvalue weighted by Gasteiger charge is 2.24. The van der Waals surface area contributed by atoms with Gasteiger partial charge in [0.2, 0.25) is 6.10 Å². The van der Waals surface area contributed by atoms with Crippen molar-refractivity contribution in [2.75, 3.05) is 5.32 Å². The van der Waals surface area contributed by atoms with Crippen LogP contribution >= 0.6 is 0 Å². The summed E-state index contributed by atoms with van der Waals surface area (Å²) in [6, 6.07) is 16.4. The molecule has 0 saturated heterocycles. The van der Waals surface area contributed by atoms with E-state index in [1.165, 1.54) is 6.08 Å². The summed E-state index contributed by atoms with van der Waals surface area (Å²) in [5.41, 5.74) is 3.19. The van der Waals surface area contributed by atoms with E-state index in [1.807, 2.05) is 37.3 Å². The molecule has 1 amide bonds. The summed E-state index contributed by atoms with van der Waals surface area (Å²) >= 11 is 0. The quantitative estimate of drug-likeness (QED) is 0.663. The van der Waals surface area contributed by atoms with Crippen molar-refractivity contribution in [2.24, 2.45) is 0 Å². The number of carbonyl (C=O) groups is 2. The van der Waals surface area contributed by atoms with Crippen LogP contribution in [0, 0.1) is 6.92 Å². The zero-order valence-corrected chi connectivity index (χ0v) is 14.1. The second kappa shape index (κ2) is 8.11. The van der Waals surface area contributed by atoms with Crippen molar-refractivity contribution in [1.82, 2.24) is 0 Å². The molecule has 2 aromatic rings. The maximum Gasteiger partial charge on any atom is 0.331 e. The van der Waals surface area contributed by atoms with Crippen molar-refractivity contribution in [3.05, 3.63) is 77.4 Å². The first-order valence-electron chi connectivity index (χ1n) is 7.73. The predicted molar refractivity (Wildman–Crippen MR) is 94.5 cm³/mol. The number of hydrogen-bond donors (Lipinski definition) is 1. The average Bonchev–Trinajstić information content (AvgIpc) is 2.55. The Labute approximate surface area is 142 Å². The van der Waals surface area contributed by atoms with E-state index in [2.05, 4.69) is 5.32 Å². The first-order chi connectivity index (χ1) is 11.5. The van der Waals surface area contributed by atoms with Gasteiger partial charge in [-0.15, -0.1) is 0 Å². The second-order valence-electron chi connectivity index (χ2n) is 5.80. The van der Waals surface area contributed by atoms with Crippen LogP contribution in [0.1, 0.15) is 31.1 Å². The number of ether oxygens (including phenoxy) is 1. The number of esters is 1. The maximum atomic E-state index is 12.6. The van der Waals surface area contributed by atoms with Crippen molar-refractivity contribution in [3.8, 4) is 0 Å². The molecule has 0 unspecified atom stereocenters. The number of rotatable bonds is 5. The van der Waals surface area contributed by atoms with E-state index in [0.717, 1.165) is 11.1 Å². The Bertz CT molecular complexity index is 729. The van der Waals surface area contributed by atoms with Crippen LogP contribution in [0.2, 0.25) is 0 Å². The summed E-state index contributed by atoms with van der Waals surface area (Å²) in [6.45, 7) is 5.57. The molecule has 0 radical (unpaired) electrons. The number of amides is 1. The van der Waals surface area contributed by atoms with Crippen LogP contribution in [0.5, 0.6) is 0 Å². The average molecular weight is 323 g/mol. The number of allylic oxidation sites excluding steroid dienone is 1. The van der Waals surface area contributed by atoms with E-state index in [0.29, 0.717) is 11.3 Å². The lowest BCUT2D eigenvalue weighted by Gasteiger charge is -2.17. The molecule has 2 aromatic carbocycles. The largest absolute Gasteiger partial charge is 0.444 e. The van der Waals surface area contributed by atoms with E-state index in [9.17, 15) is 9.59 Å². The Morgan fingerprint density at radius 3 is 2.21 bits per heavy atom. The highest BCUT2D eigenvalue weighted by atomic mass is 16.5. The molecule has 1 atom stereocenters. The van der Waals surface area contributed by atoms with Crippen molar-refractivity contribution >= 4 is 17.6 Å². The highest BCUT2D eigenvalue weighted by molar-refractivity contribution is 5.97. The fourth-order valence-corrected chi connectivity index (χ4v) is 2.13. The van der Waals surface area contributed by atoms with Crippen LogP contribution in [0.15, 0.2) is 66.2 Å². The summed E-state index contributed by atoms with van der Waals surface area (Å²) < 4.78 is 5.38. The number of anilines is 1. The van der Waals surface area contributed by atoms with Crippen LogP contribution in [0.25, 0.3) is 0 Å². The molecule has 0 aliphatic carbocycles. The van der Waals surface area contributed by atoms with E-state index < -0.39 is 12.1 Å². The zero-order chi connectivity index (χ0) is 17.5. The predicted octanol–water partition coefficient (Wildman–Crippen LogP) is 4.18. The Kier molecular flexibility index (Phi) is 5.90. The second-order valence-corrected chi connectivity index (χ2v) is 5.80. The van der Waals surface area contributed by atoms with Gasteiger partial charge in [0.15, 0.2) is 0 Å². The minimum absolute atomic E-state index is 0.388. The zero-order valence-electron chi connectivity index (χ0n) is 14.1. The number of benzene rings is 2. The fourth-order valence-electron chi connectivity index (χ4n) is 2.13. The smallest absolute Gasteiger partial charge is 0.331 e. The van der Waals surface area contributed by atoms with E-state index in [4.69, 9.17) is 4.74 Å². The molecule has 0 bridgehead atoms. The van der Waals surface area contributed by atoms with Crippen molar-refractivity contribution in [2.45, 2.75) is 26.9 Å². The third-order valence-corrected chi connectivity index (χ3v) is 3.30. The van der Waals surface area contributed by atoms with Gasteiger partial charge < -0.3 is 10.1 Å². The lowest BCUT2D eigenvalue weighted by atomic mass is 10.1. The minimum atomic E-state index is -1.00. The normalized spacial score (nSPS) is 11.3. The van der Waals surface area contributed by atoms with Gasteiger partial charge in [-0.05, 0) is 32.9 Å². The molecule has 0 aliphatic heterocycles. The molecule has 4 nitrogen and oxygen atoms in total. The third kappa shape index (κ3) is 5.09. The fraction of sp³-hybridized carbons (Fsp3) is 0.200. The number of aryl methyl sites for hydroxylation is 1. The Balaban J connectivity index is 2.21. The van der Waals surface area contributed by atoms with Gasteiger partial charge in [0.1, 0.15) is 0 Å². The van der Waals surface area contributed by atoms with Crippen molar-refractivity contribution in [1.29, 1.82) is 0 Å². The lowest BCUT2D eigenvalue weighted by Crippen LogP contribution is -2.25. The summed E-state index contributed by atoms with van der Waals surface area (Å²) in [5, 5.41) is 2.79. The molecule has 1 N–H and O–H groups in total. The monoisotopic (exact) mass is 323 g/mol. The van der Waals surface area contributed by atoms with Crippen LogP contribution in [0.4, 0.5) is 5.69 Å². The Morgan fingerprint density at radius 2 is 1.62 bits per heavy atom. The molecular formula is C20H21NO3. The third-order valence-electron chi connectivity index (χ3n) is 3.30. The van der Waals surface area contributed by atoms with Crippen molar-refractivity contribution < 1.29 is 14.3 Å². The van der Waals surface area contributed by atoms with Crippen LogP contribution < -0.4 is 5.32 Å². The van der Waals surface area contributed by atoms with E-state index >= 15 is 0 Å². The molecule has 0 saturated carbocycles. The maximum absolute atomic E-state index is 12.6. The first kappa shape index (κ1) is 17.5. The van der Waals surface area contributed by atoms with Crippen LogP contribution in [-0.4, -0.2) is 11.9 Å². The van der Waals surface area contributed by atoms with Gasteiger partial charge in [0.05, 0.1) is 0 Å². The molecular weight excluding hydrogens is 302 g/mol. The van der Waals surface area contributed by atoms with Gasteiger partial charge >= 0.3 is 5.97 Å². The van der Waals surface area contributed by atoms with Crippen molar-refractivity contribution in [3.63, 3.8) is 0 Å². The number of hydrogen-bond acceptors (Lipinski definition) is 3. The molecule has 0 fully saturated rings. The molecule has 0 aromatic heterocycles. The van der Waals surface area contributed by atoms with Gasteiger partial charge in [0, 0.05) is 17.3 Å². The summed E-state index contributed by atoms with van der Waals surface area (Å²) in [4.78, 5) is 24.6. The minimum Gasteiger partial charge on any atom is -0.444 e. The van der Waals surface area contributed by atoms with Gasteiger partial charge in [-0.2, -0.15) is 0 Å². The molecule has 124 valence electrons. The molecule has 0 spiro atoms. The SMILES string of the molecule is CC(C)=CC(=O)O[C@@H](C(=O)Nc1ccc(C)cc1)c1ccccc1. The number of carbonyl (C=O) groups excluding carboxylic acids is 2. The number of nitrogens with one attached hydrogen (secondary N) is 1. The van der Waals surface area contributed by atoms with Gasteiger partial charge in [-0.25, -0.2) is 4.79 Å². The lowest BCUT2D eigenvalue weighted by molar-refractivity contribution is -0.149.